The Morgan fingerprint density at radius 1 is 1.00 bits per heavy atom. The molecule has 0 aromatic carbocycles. The Hall–Kier alpha value is 0.180. The minimum atomic E-state index is 0. The molecule has 7 heavy (non-hydrogen) atoms. The molecule has 0 bridgehead atoms. The predicted octanol–water partition coefficient (Wildman–Crippen LogP) is 0.944. The lowest BCUT2D eigenvalue weighted by Gasteiger charge is -1.76. The third kappa shape index (κ3) is 4.02. The minimum Gasteiger partial charge on any atom is -0.317 e. The van der Waals surface area contributed by atoms with E-state index in [9.17, 15) is 0 Å². The van der Waals surface area contributed by atoms with Gasteiger partial charge < -0.3 is 5.32 Å². The van der Waals surface area contributed by atoms with Crippen molar-refractivity contribution >= 4 is 12.4 Å². The number of halogens is 2. The summed E-state index contributed by atoms with van der Waals surface area (Å²) in [7, 11) is 0. The van der Waals surface area contributed by atoms with Crippen molar-refractivity contribution < 1.29 is 4.70 Å². The molecule has 1 heterocycles. The molecule has 1 aliphatic heterocycles. The molecule has 0 aromatic heterocycles. The number of hydrogen-bond donors (Lipinski definition) is 1. The second-order valence-electron chi connectivity index (χ2n) is 1.46. The van der Waals surface area contributed by atoms with Crippen LogP contribution < -0.4 is 5.32 Å². The zero-order valence-corrected chi connectivity index (χ0v) is 4.96. The highest BCUT2D eigenvalue weighted by molar-refractivity contribution is 5.85. The van der Waals surface area contributed by atoms with Crippen LogP contribution in [0.4, 0.5) is 4.70 Å². The summed E-state index contributed by atoms with van der Waals surface area (Å²) in [5.74, 6) is 0. The van der Waals surface area contributed by atoms with Crippen LogP contribution in [-0.4, -0.2) is 13.1 Å². The van der Waals surface area contributed by atoms with Crippen LogP contribution >= 0.6 is 12.4 Å². The number of rotatable bonds is 0. The molecular formula is C4H11ClFN. The van der Waals surface area contributed by atoms with Gasteiger partial charge in [0.05, 0.1) is 0 Å². The lowest BCUT2D eigenvalue weighted by Crippen LogP contribution is -2.03. The largest absolute Gasteiger partial charge is 0.317 e. The molecule has 0 unspecified atom stereocenters. The third-order valence-electron chi connectivity index (χ3n) is 0.957. The first kappa shape index (κ1) is 10.2. The van der Waals surface area contributed by atoms with Gasteiger partial charge in [-0.05, 0) is 25.9 Å². The van der Waals surface area contributed by atoms with E-state index in [0.29, 0.717) is 0 Å². The third-order valence-corrected chi connectivity index (χ3v) is 0.957. The number of hydrogen-bond acceptors (Lipinski definition) is 1. The Bertz CT molecular complexity index is 23.3. The summed E-state index contributed by atoms with van der Waals surface area (Å²) in [6.07, 6.45) is 2.78. The van der Waals surface area contributed by atoms with Gasteiger partial charge in [0.1, 0.15) is 0 Å². The Kier molecular flexibility index (Phi) is 9.02. The van der Waals surface area contributed by atoms with Gasteiger partial charge in [0.15, 0.2) is 0 Å². The lowest BCUT2D eigenvalue weighted by atomic mass is 10.4. The first-order chi connectivity index (χ1) is 2.50. The summed E-state index contributed by atoms with van der Waals surface area (Å²) in [4.78, 5) is 0. The topological polar surface area (TPSA) is 12.0 Å². The second kappa shape index (κ2) is 6.18. The molecular weight excluding hydrogens is 117 g/mol. The molecule has 0 saturated carbocycles. The molecule has 0 aromatic rings. The zero-order chi connectivity index (χ0) is 3.54. The lowest BCUT2D eigenvalue weighted by molar-refractivity contribution is 0.857. The summed E-state index contributed by atoms with van der Waals surface area (Å²) in [6.45, 7) is 2.50. The maximum absolute atomic E-state index is 3.22. The molecule has 1 aliphatic rings. The average Bonchev–Trinajstić information content (AvgIpc) is 1.76. The van der Waals surface area contributed by atoms with E-state index < -0.39 is 0 Å². The van der Waals surface area contributed by atoms with Crippen molar-refractivity contribution in [3.05, 3.63) is 0 Å². The maximum Gasteiger partial charge on any atom is -0.00484 e. The van der Waals surface area contributed by atoms with Gasteiger partial charge in [-0.1, -0.05) is 0 Å². The summed E-state index contributed by atoms with van der Waals surface area (Å²) in [5.41, 5.74) is 0. The van der Waals surface area contributed by atoms with E-state index >= 15 is 0 Å². The van der Waals surface area contributed by atoms with Crippen molar-refractivity contribution in [1.82, 2.24) is 5.32 Å². The summed E-state index contributed by atoms with van der Waals surface area (Å²) in [5, 5.41) is 3.22. The molecule has 1 rings (SSSR count). The monoisotopic (exact) mass is 127 g/mol. The van der Waals surface area contributed by atoms with E-state index in [-0.39, 0.29) is 17.1 Å². The molecule has 0 spiro atoms. The van der Waals surface area contributed by atoms with Crippen molar-refractivity contribution in [3.8, 4) is 0 Å². The second-order valence-corrected chi connectivity index (χ2v) is 1.46. The average molecular weight is 128 g/mol. The van der Waals surface area contributed by atoms with Crippen molar-refractivity contribution in [2.75, 3.05) is 13.1 Å². The van der Waals surface area contributed by atoms with Crippen molar-refractivity contribution in [1.29, 1.82) is 0 Å². The first-order valence-electron chi connectivity index (χ1n) is 2.21. The van der Waals surface area contributed by atoms with Gasteiger partial charge in [0, 0.05) is 0 Å². The molecule has 1 nitrogen and oxygen atoms in total. The van der Waals surface area contributed by atoms with Crippen molar-refractivity contribution in [3.63, 3.8) is 0 Å². The van der Waals surface area contributed by atoms with Crippen LogP contribution in [0.3, 0.4) is 0 Å². The van der Waals surface area contributed by atoms with Crippen LogP contribution in [0, 0.1) is 0 Å². The fraction of sp³-hybridized carbons (Fsp3) is 1.00. The number of nitrogens with one attached hydrogen (secondary N) is 1. The predicted molar refractivity (Wildman–Crippen MR) is 31.9 cm³/mol. The van der Waals surface area contributed by atoms with Gasteiger partial charge in [0.2, 0.25) is 0 Å². The van der Waals surface area contributed by atoms with Crippen LogP contribution in [-0.2, 0) is 0 Å². The van der Waals surface area contributed by atoms with Crippen LogP contribution in [0.2, 0.25) is 0 Å². The van der Waals surface area contributed by atoms with Crippen LogP contribution in [0.25, 0.3) is 0 Å². The van der Waals surface area contributed by atoms with Crippen LogP contribution in [0.5, 0.6) is 0 Å². The van der Waals surface area contributed by atoms with E-state index in [1.54, 1.807) is 0 Å². The molecule has 0 amide bonds. The normalized spacial score (nSPS) is 17.1. The highest BCUT2D eigenvalue weighted by Gasteiger charge is 1.93. The molecule has 0 aliphatic carbocycles. The van der Waals surface area contributed by atoms with E-state index in [1.807, 2.05) is 0 Å². The Labute approximate surface area is 49.3 Å². The van der Waals surface area contributed by atoms with Crippen molar-refractivity contribution in [2.24, 2.45) is 0 Å². The van der Waals surface area contributed by atoms with Gasteiger partial charge >= 0.3 is 0 Å². The Balaban J connectivity index is 0. The smallest absolute Gasteiger partial charge is 0.00484 e. The minimum absolute atomic E-state index is 0. The van der Waals surface area contributed by atoms with Gasteiger partial charge in [-0.25, -0.2) is 0 Å². The van der Waals surface area contributed by atoms with Gasteiger partial charge in [-0.2, -0.15) is 0 Å². The molecule has 1 N–H and O–H groups in total. The van der Waals surface area contributed by atoms with Crippen LogP contribution in [0.15, 0.2) is 0 Å². The maximum atomic E-state index is 3.22. The quantitative estimate of drug-likeness (QED) is 0.511. The highest BCUT2D eigenvalue weighted by Crippen LogP contribution is 1.90. The SMILES string of the molecule is C1CCNC1.Cl.F. The first-order valence-corrected chi connectivity index (χ1v) is 2.21. The zero-order valence-electron chi connectivity index (χ0n) is 4.14. The van der Waals surface area contributed by atoms with Crippen LogP contribution in [0.1, 0.15) is 12.8 Å². The van der Waals surface area contributed by atoms with E-state index in [2.05, 4.69) is 5.32 Å². The molecule has 3 heteroatoms. The van der Waals surface area contributed by atoms with E-state index in [4.69, 9.17) is 0 Å². The Morgan fingerprint density at radius 3 is 1.57 bits per heavy atom. The van der Waals surface area contributed by atoms with Gasteiger partial charge in [0.25, 0.3) is 0 Å². The molecule has 1 saturated heterocycles. The molecule has 1 fully saturated rings. The van der Waals surface area contributed by atoms with Gasteiger partial charge in [-0.3, -0.25) is 4.70 Å². The van der Waals surface area contributed by atoms with Gasteiger partial charge in [-0.15, -0.1) is 12.4 Å². The summed E-state index contributed by atoms with van der Waals surface area (Å²) >= 11 is 0. The fourth-order valence-corrected chi connectivity index (χ4v) is 0.625. The highest BCUT2D eigenvalue weighted by atomic mass is 35.5. The summed E-state index contributed by atoms with van der Waals surface area (Å²) in [6, 6.07) is 0. The standard InChI is InChI=1S/C4H9N.ClH.FH/c1-2-4-5-3-1;;/h5H,1-4H2;2*1H. The van der Waals surface area contributed by atoms with Crippen molar-refractivity contribution in [2.45, 2.75) is 12.8 Å². The fourth-order valence-electron chi connectivity index (χ4n) is 0.625. The van der Waals surface area contributed by atoms with E-state index in [1.165, 1.54) is 25.9 Å². The molecule has 0 radical (unpaired) electrons. The summed E-state index contributed by atoms with van der Waals surface area (Å²) < 4.78 is 0. The van der Waals surface area contributed by atoms with E-state index in [0.717, 1.165) is 0 Å². The molecule has 46 valence electrons. The molecule has 0 atom stereocenters. The Morgan fingerprint density at radius 2 is 1.43 bits per heavy atom.